The van der Waals surface area contributed by atoms with Crippen LogP contribution in [-0.2, 0) is 0 Å². The van der Waals surface area contributed by atoms with Crippen LogP contribution in [0.2, 0.25) is 0 Å². The average molecular weight is 254 g/mol. The van der Waals surface area contributed by atoms with Crippen LogP contribution in [0.25, 0.3) is 5.69 Å². The maximum absolute atomic E-state index is 10.5. The molecule has 0 amide bonds. The molecule has 0 saturated heterocycles. The van der Waals surface area contributed by atoms with Crippen molar-refractivity contribution in [3.63, 3.8) is 0 Å². The zero-order valence-electron chi connectivity index (χ0n) is 10.8. The minimum absolute atomic E-state index is 0.342. The van der Waals surface area contributed by atoms with Gasteiger partial charge in [-0.25, -0.2) is 4.68 Å². The van der Waals surface area contributed by atoms with Crippen LogP contribution in [0.1, 0.15) is 30.9 Å². The van der Waals surface area contributed by atoms with E-state index in [0.29, 0.717) is 5.92 Å². The first kappa shape index (κ1) is 11.2. The van der Waals surface area contributed by atoms with Crippen molar-refractivity contribution in [3.8, 4) is 5.69 Å². The van der Waals surface area contributed by atoms with Gasteiger partial charge in [0.25, 0.3) is 0 Å². The summed E-state index contributed by atoms with van der Waals surface area (Å²) in [4.78, 5) is 0. The number of nitrogens with zero attached hydrogens (tertiary/aromatic N) is 2. The van der Waals surface area contributed by atoms with E-state index in [4.69, 9.17) is 0 Å². The summed E-state index contributed by atoms with van der Waals surface area (Å²) in [6.45, 7) is 0. The first-order valence-electron chi connectivity index (χ1n) is 7.09. The molecule has 0 spiro atoms. The van der Waals surface area contributed by atoms with E-state index in [0.717, 1.165) is 23.1 Å². The number of fused-ring (bicyclic) bond motifs is 1. The molecule has 1 heterocycles. The molecule has 1 aromatic heterocycles. The molecule has 0 bridgehead atoms. The zero-order valence-corrected chi connectivity index (χ0v) is 10.8. The van der Waals surface area contributed by atoms with Crippen molar-refractivity contribution in [1.82, 2.24) is 9.78 Å². The fraction of sp³-hybridized carbons (Fsp3) is 0.438. The molecule has 3 atom stereocenters. The highest BCUT2D eigenvalue weighted by Gasteiger charge is 2.47. The number of aromatic nitrogens is 2. The first-order chi connectivity index (χ1) is 9.31. The standard InChI is InChI=1S/C16H18N2O/c19-16(13-7-11-6-12(11)8-13)14-9-17-18(10-14)15-4-2-1-3-5-15/h1-5,9-13,16,19H,6-8H2. The molecule has 0 radical (unpaired) electrons. The summed E-state index contributed by atoms with van der Waals surface area (Å²) in [5, 5.41) is 14.8. The molecule has 2 saturated carbocycles. The SMILES string of the molecule is OC(c1cnn(-c2ccccc2)c1)C1CC2CC2C1. The summed E-state index contributed by atoms with van der Waals surface area (Å²) >= 11 is 0. The van der Waals surface area contributed by atoms with Gasteiger partial charge in [0.2, 0.25) is 0 Å². The Morgan fingerprint density at radius 1 is 1.11 bits per heavy atom. The number of benzene rings is 1. The van der Waals surface area contributed by atoms with Crippen LogP contribution >= 0.6 is 0 Å². The van der Waals surface area contributed by atoms with E-state index in [1.807, 2.05) is 47.4 Å². The molecular weight excluding hydrogens is 236 g/mol. The molecule has 3 heteroatoms. The molecule has 19 heavy (non-hydrogen) atoms. The third-order valence-electron chi connectivity index (χ3n) is 4.69. The summed E-state index contributed by atoms with van der Waals surface area (Å²) < 4.78 is 1.84. The van der Waals surface area contributed by atoms with E-state index in [1.54, 1.807) is 0 Å². The number of aliphatic hydroxyl groups excluding tert-OH is 1. The molecule has 3 unspecified atom stereocenters. The lowest BCUT2D eigenvalue weighted by molar-refractivity contribution is 0.104. The normalized spacial score (nSPS) is 30.1. The quantitative estimate of drug-likeness (QED) is 0.914. The van der Waals surface area contributed by atoms with Crippen LogP contribution in [0.4, 0.5) is 0 Å². The van der Waals surface area contributed by atoms with Crippen LogP contribution in [0.5, 0.6) is 0 Å². The average Bonchev–Trinajstić information content (AvgIpc) is 2.91. The summed E-state index contributed by atoms with van der Waals surface area (Å²) in [5.41, 5.74) is 1.99. The predicted octanol–water partition coefficient (Wildman–Crippen LogP) is 2.95. The summed E-state index contributed by atoms with van der Waals surface area (Å²) in [6.07, 6.45) is 7.22. The summed E-state index contributed by atoms with van der Waals surface area (Å²) in [7, 11) is 0. The fourth-order valence-electron chi connectivity index (χ4n) is 3.50. The van der Waals surface area contributed by atoms with Crippen LogP contribution < -0.4 is 0 Å². The van der Waals surface area contributed by atoms with Crippen LogP contribution in [0.15, 0.2) is 42.7 Å². The zero-order chi connectivity index (χ0) is 12.8. The van der Waals surface area contributed by atoms with Gasteiger partial charge in [-0.15, -0.1) is 0 Å². The van der Waals surface area contributed by atoms with Crippen molar-refractivity contribution in [2.75, 3.05) is 0 Å². The molecule has 0 aliphatic heterocycles. The van der Waals surface area contributed by atoms with Crippen LogP contribution in [0, 0.1) is 17.8 Å². The number of hydrogen-bond donors (Lipinski definition) is 1. The molecule has 4 rings (SSSR count). The van der Waals surface area contributed by atoms with E-state index < -0.39 is 0 Å². The molecule has 2 aromatic rings. The van der Waals surface area contributed by atoms with E-state index in [-0.39, 0.29) is 6.10 Å². The van der Waals surface area contributed by atoms with Gasteiger partial charge < -0.3 is 5.11 Å². The monoisotopic (exact) mass is 254 g/mol. The lowest BCUT2D eigenvalue weighted by Crippen LogP contribution is -2.10. The smallest absolute Gasteiger partial charge is 0.0849 e. The minimum atomic E-state index is -0.342. The van der Waals surface area contributed by atoms with Crippen molar-refractivity contribution in [1.29, 1.82) is 0 Å². The fourth-order valence-corrected chi connectivity index (χ4v) is 3.50. The van der Waals surface area contributed by atoms with Crippen LogP contribution in [-0.4, -0.2) is 14.9 Å². The first-order valence-corrected chi connectivity index (χ1v) is 7.09. The second-order valence-corrected chi connectivity index (χ2v) is 5.99. The van der Waals surface area contributed by atoms with Gasteiger partial charge in [-0.05, 0) is 49.1 Å². The van der Waals surface area contributed by atoms with Gasteiger partial charge in [-0.2, -0.15) is 5.10 Å². The molecule has 3 nitrogen and oxygen atoms in total. The minimum Gasteiger partial charge on any atom is -0.388 e. The Hall–Kier alpha value is -1.61. The van der Waals surface area contributed by atoms with Crippen molar-refractivity contribution < 1.29 is 5.11 Å². The Bertz CT molecular complexity index is 567. The Morgan fingerprint density at radius 2 is 1.84 bits per heavy atom. The number of para-hydroxylation sites is 1. The lowest BCUT2D eigenvalue weighted by Gasteiger charge is -2.17. The third-order valence-corrected chi connectivity index (χ3v) is 4.69. The predicted molar refractivity (Wildman–Crippen MR) is 72.8 cm³/mol. The second kappa shape index (κ2) is 4.20. The molecule has 1 aromatic carbocycles. The van der Waals surface area contributed by atoms with Crippen molar-refractivity contribution >= 4 is 0 Å². The van der Waals surface area contributed by atoms with Crippen LogP contribution in [0.3, 0.4) is 0 Å². The van der Waals surface area contributed by atoms with Crippen molar-refractivity contribution in [3.05, 3.63) is 48.3 Å². The second-order valence-electron chi connectivity index (χ2n) is 5.99. The van der Waals surface area contributed by atoms with Gasteiger partial charge in [0, 0.05) is 11.8 Å². The molecule has 98 valence electrons. The van der Waals surface area contributed by atoms with E-state index in [2.05, 4.69) is 5.10 Å². The topological polar surface area (TPSA) is 38.1 Å². The summed E-state index contributed by atoms with van der Waals surface area (Å²) in [6, 6.07) is 10.0. The van der Waals surface area contributed by atoms with Gasteiger partial charge in [-0.1, -0.05) is 18.2 Å². The van der Waals surface area contributed by atoms with Gasteiger partial charge >= 0.3 is 0 Å². The Balaban J connectivity index is 1.54. The number of aliphatic hydroxyl groups is 1. The third kappa shape index (κ3) is 1.98. The Kier molecular flexibility index (Phi) is 2.49. The van der Waals surface area contributed by atoms with Gasteiger partial charge in [0.15, 0.2) is 0 Å². The lowest BCUT2D eigenvalue weighted by atomic mass is 9.93. The Morgan fingerprint density at radius 3 is 2.58 bits per heavy atom. The largest absolute Gasteiger partial charge is 0.388 e. The molecule has 2 aliphatic carbocycles. The van der Waals surface area contributed by atoms with Crippen molar-refractivity contribution in [2.45, 2.75) is 25.4 Å². The molecule has 1 N–H and O–H groups in total. The van der Waals surface area contributed by atoms with Gasteiger partial charge in [0.05, 0.1) is 18.0 Å². The molecule has 2 aliphatic rings. The maximum atomic E-state index is 10.5. The van der Waals surface area contributed by atoms with Crippen molar-refractivity contribution in [2.24, 2.45) is 17.8 Å². The van der Waals surface area contributed by atoms with Gasteiger partial charge in [0.1, 0.15) is 0 Å². The van der Waals surface area contributed by atoms with E-state index >= 15 is 0 Å². The highest BCUT2D eigenvalue weighted by molar-refractivity contribution is 5.31. The Labute approximate surface area is 112 Å². The van der Waals surface area contributed by atoms with Gasteiger partial charge in [-0.3, -0.25) is 0 Å². The molecule has 2 fully saturated rings. The van der Waals surface area contributed by atoms with E-state index in [1.165, 1.54) is 19.3 Å². The number of rotatable bonds is 3. The molecular formula is C16H18N2O. The highest BCUT2D eigenvalue weighted by atomic mass is 16.3. The van der Waals surface area contributed by atoms with E-state index in [9.17, 15) is 5.11 Å². The number of hydrogen-bond acceptors (Lipinski definition) is 2. The maximum Gasteiger partial charge on any atom is 0.0849 e. The summed E-state index contributed by atoms with van der Waals surface area (Å²) in [5.74, 6) is 2.25. The highest BCUT2D eigenvalue weighted by Crippen LogP contribution is 2.57.